The molecule has 0 aliphatic carbocycles. The molecule has 0 fully saturated rings. The molecular weight excluding hydrogens is 371 g/mol. The second kappa shape index (κ2) is 9.01. The second-order valence-electron chi connectivity index (χ2n) is 6.64. The third-order valence-electron chi connectivity index (χ3n) is 4.26. The molecule has 148 valence electrons. The fourth-order valence-corrected chi connectivity index (χ4v) is 2.64. The van der Waals surface area contributed by atoms with Gasteiger partial charge in [0.15, 0.2) is 6.61 Å². The van der Waals surface area contributed by atoms with Crippen LogP contribution in [0.15, 0.2) is 66.7 Å². The van der Waals surface area contributed by atoms with Crippen molar-refractivity contribution in [1.82, 2.24) is 0 Å². The van der Waals surface area contributed by atoms with Crippen LogP contribution in [0.25, 0.3) is 0 Å². The topological polar surface area (TPSA) is 67.4 Å². The minimum atomic E-state index is -0.369. The number of halogens is 1. The van der Waals surface area contributed by atoms with Crippen molar-refractivity contribution in [2.24, 2.45) is 0 Å². The predicted octanol–water partition coefficient (Wildman–Crippen LogP) is 4.71. The van der Waals surface area contributed by atoms with Crippen LogP contribution in [0.3, 0.4) is 0 Å². The van der Waals surface area contributed by atoms with Crippen LogP contribution >= 0.6 is 0 Å². The monoisotopic (exact) mass is 392 g/mol. The number of hydrogen-bond donors (Lipinski definition) is 2. The van der Waals surface area contributed by atoms with E-state index in [1.54, 1.807) is 24.3 Å². The fourth-order valence-electron chi connectivity index (χ4n) is 2.64. The summed E-state index contributed by atoms with van der Waals surface area (Å²) >= 11 is 0. The zero-order valence-electron chi connectivity index (χ0n) is 16.2. The normalized spacial score (nSPS) is 10.3. The molecule has 0 saturated carbocycles. The average Bonchev–Trinajstić information content (AvgIpc) is 2.71. The molecule has 0 aromatic heterocycles. The number of carbonyl (C=O) groups is 2. The predicted molar refractivity (Wildman–Crippen MR) is 111 cm³/mol. The molecule has 3 aromatic carbocycles. The number of ether oxygens (including phenoxy) is 1. The summed E-state index contributed by atoms with van der Waals surface area (Å²) in [6.07, 6.45) is 0. The number of carbonyl (C=O) groups excluding carboxylic acids is 2. The van der Waals surface area contributed by atoms with Crippen molar-refractivity contribution in [2.45, 2.75) is 13.8 Å². The third-order valence-corrected chi connectivity index (χ3v) is 4.26. The first-order chi connectivity index (χ1) is 13.9. The maximum absolute atomic E-state index is 12.9. The van der Waals surface area contributed by atoms with Gasteiger partial charge in [-0.2, -0.15) is 0 Å². The van der Waals surface area contributed by atoms with E-state index in [-0.39, 0.29) is 24.2 Å². The van der Waals surface area contributed by atoms with Gasteiger partial charge in [-0.15, -0.1) is 0 Å². The molecule has 0 spiro atoms. The Morgan fingerprint density at radius 2 is 1.59 bits per heavy atom. The van der Waals surface area contributed by atoms with Gasteiger partial charge in [-0.05, 0) is 79.6 Å². The number of amides is 2. The van der Waals surface area contributed by atoms with Crippen LogP contribution < -0.4 is 15.4 Å². The Balaban J connectivity index is 1.53. The maximum Gasteiger partial charge on any atom is 0.262 e. The summed E-state index contributed by atoms with van der Waals surface area (Å²) in [5, 5.41) is 5.51. The van der Waals surface area contributed by atoms with E-state index in [0.29, 0.717) is 17.0 Å². The van der Waals surface area contributed by atoms with Gasteiger partial charge in [0.25, 0.3) is 11.8 Å². The summed E-state index contributed by atoms with van der Waals surface area (Å²) in [4.78, 5) is 24.4. The van der Waals surface area contributed by atoms with Gasteiger partial charge >= 0.3 is 0 Å². The van der Waals surface area contributed by atoms with Gasteiger partial charge in [0, 0.05) is 16.9 Å². The highest BCUT2D eigenvalue weighted by atomic mass is 19.1. The van der Waals surface area contributed by atoms with Crippen molar-refractivity contribution >= 4 is 23.2 Å². The second-order valence-corrected chi connectivity index (χ2v) is 6.64. The van der Waals surface area contributed by atoms with Crippen LogP contribution in [-0.4, -0.2) is 18.4 Å². The number of benzene rings is 3. The lowest BCUT2D eigenvalue weighted by molar-refractivity contribution is -0.118. The Kier molecular flexibility index (Phi) is 6.24. The average molecular weight is 392 g/mol. The van der Waals surface area contributed by atoms with Gasteiger partial charge in [0.2, 0.25) is 0 Å². The highest BCUT2D eigenvalue weighted by Gasteiger charge is 2.09. The molecule has 0 atom stereocenters. The highest BCUT2D eigenvalue weighted by molar-refractivity contribution is 6.04. The van der Waals surface area contributed by atoms with Crippen molar-refractivity contribution in [3.63, 3.8) is 0 Å². The number of aryl methyl sites for hydroxylation is 2. The number of anilines is 2. The molecule has 2 amide bonds. The van der Waals surface area contributed by atoms with Gasteiger partial charge in [0.05, 0.1) is 0 Å². The quantitative estimate of drug-likeness (QED) is 0.638. The van der Waals surface area contributed by atoms with Crippen molar-refractivity contribution in [3.8, 4) is 5.75 Å². The van der Waals surface area contributed by atoms with Crippen LogP contribution in [0.5, 0.6) is 5.75 Å². The molecule has 29 heavy (non-hydrogen) atoms. The molecule has 0 aliphatic heterocycles. The molecule has 2 N–H and O–H groups in total. The Hall–Kier alpha value is -3.67. The van der Waals surface area contributed by atoms with E-state index in [9.17, 15) is 14.0 Å². The van der Waals surface area contributed by atoms with Crippen LogP contribution in [-0.2, 0) is 4.79 Å². The van der Waals surface area contributed by atoms with E-state index in [1.165, 1.54) is 24.3 Å². The Bertz CT molecular complexity index is 1020. The number of rotatable bonds is 6. The first-order valence-electron chi connectivity index (χ1n) is 9.07. The molecule has 0 aliphatic rings. The zero-order valence-corrected chi connectivity index (χ0v) is 16.2. The van der Waals surface area contributed by atoms with Crippen molar-refractivity contribution in [3.05, 3.63) is 89.2 Å². The summed E-state index contributed by atoms with van der Waals surface area (Å²) in [6.45, 7) is 3.74. The standard InChI is InChI=1S/C23H21FN2O3/c1-15-3-4-16(2)21(13-15)26-22(27)14-29-20-11-5-17(6-12-20)23(28)25-19-9-7-18(24)8-10-19/h3-13H,14H2,1-2H3,(H,25,28)(H,26,27). The van der Waals surface area contributed by atoms with Crippen LogP contribution in [0.2, 0.25) is 0 Å². The summed E-state index contributed by atoms with van der Waals surface area (Å²) in [7, 11) is 0. The molecule has 0 heterocycles. The van der Waals surface area contributed by atoms with E-state index >= 15 is 0 Å². The zero-order chi connectivity index (χ0) is 20.8. The van der Waals surface area contributed by atoms with Gasteiger partial charge in [-0.3, -0.25) is 9.59 Å². The lowest BCUT2D eigenvalue weighted by atomic mass is 10.1. The lowest BCUT2D eigenvalue weighted by Gasteiger charge is -2.11. The van der Waals surface area contributed by atoms with E-state index in [0.717, 1.165) is 16.8 Å². The van der Waals surface area contributed by atoms with E-state index < -0.39 is 0 Å². The number of hydrogen-bond acceptors (Lipinski definition) is 3. The molecule has 0 saturated heterocycles. The molecule has 5 nitrogen and oxygen atoms in total. The first kappa shape index (κ1) is 20.1. The SMILES string of the molecule is Cc1ccc(C)c(NC(=O)COc2ccc(C(=O)Nc3ccc(F)cc3)cc2)c1. The molecule has 6 heteroatoms. The van der Waals surface area contributed by atoms with Crippen LogP contribution in [0.4, 0.5) is 15.8 Å². The van der Waals surface area contributed by atoms with Crippen molar-refractivity contribution in [2.75, 3.05) is 17.2 Å². The molecule has 3 aromatic rings. The molecule has 0 bridgehead atoms. The van der Waals surface area contributed by atoms with E-state index in [2.05, 4.69) is 10.6 Å². The Morgan fingerprint density at radius 1 is 0.897 bits per heavy atom. The Morgan fingerprint density at radius 3 is 2.28 bits per heavy atom. The smallest absolute Gasteiger partial charge is 0.262 e. The third kappa shape index (κ3) is 5.65. The maximum atomic E-state index is 12.9. The molecular formula is C23H21FN2O3. The number of nitrogens with one attached hydrogen (secondary N) is 2. The summed E-state index contributed by atoms with van der Waals surface area (Å²) < 4.78 is 18.4. The van der Waals surface area contributed by atoms with Gasteiger partial charge in [-0.1, -0.05) is 12.1 Å². The van der Waals surface area contributed by atoms with Crippen LogP contribution in [0, 0.1) is 19.7 Å². The van der Waals surface area contributed by atoms with Gasteiger partial charge in [0.1, 0.15) is 11.6 Å². The largest absolute Gasteiger partial charge is 0.484 e. The summed E-state index contributed by atoms with van der Waals surface area (Å²) in [5.74, 6) is -0.488. The molecule has 0 radical (unpaired) electrons. The molecule has 3 rings (SSSR count). The highest BCUT2D eigenvalue weighted by Crippen LogP contribution is 2.17. The summed E-state index contributed by atoms with van der Waals surface area (Å²) in [5.41, 5.74) is 3.70. The van der Waals surface area contributed by atoms with Crippen molar-refractivity contribution in [1.29, 1.82) is 0 Å². The summed E-state index contributed by atoms with van der Waals surface area (Å²) in [6, 6.07) is 17.8. The molecule has 0 unspecified atom stereocenters. The van der Waals surface area contributed by atoms with E-state index in [1.807, 2.05) is 32.0 Å². The minimum absolute atomic E-state index is 0.144. The van der Waals surface area contributed by atoms with Crippen molar-refractivity contribution < 1.29 is 18.7 Å². The first-order valence-corrected chi connectivity index (χ1v) is 9.07. The van der Waals surface area contributed by atoms with E-state index in [4.69, 9.17) is 4.74 Å². The minimum Gasteiger partial charge on any atom is -0.484 e. The Labute approximate surface area is 168 Å². The fraction of sp³-hybridized carbons (Fsp3) is 0.130. The lowest BCUT2D eigenvalue weighted by Crippen LogP contribution is -2.20. The van der Waals surface area contributed by atoms with Gasteiger partial charge in [-0.25, -0.2) is 4.39 Å². The van der Waals surface area contributed by atoms with Crippen LogP contribution in [0.1, 0.15) is 21.5 Å². The van der Waals surface area contributed by atoms with Gasteiger partial charge < -0.3 is 15.4 Å².